The molecule has 0 atom stereocenters. The molecule has 14 nitrogen and oxygen atoms in total. The average molecular weight is 807 g/mol. The molecule has 302 valence electrons. The summed E-state index contributed by atoms with van der Waals surface area (Å²) in [6, 6.07) is 15.6. The van der Waals surface area contributed by atoms with Crippen molar-refractivity contribution in [1.29, 1.82) is 0 Å². The number of hydrazine groups is 2. The van der Waals surface area contributed by atoms with Crippen LogP contribution in [0.1, 0.15) is 103 Å². The van der Waals surface area contributed by atoms with Crippen molar-refractivity contribution in [1.82, 2.24) is 20.9 Å². The third-order valence-corrected chi connectivity index (χ3v) is 11.2. The van der Waals surface area contributed by atoms with Crippen molar-refractivity contribution in [3.63, 3.8) is 0 Å². The summed E-state index contributed by atoms with van der Waals surface area (Å²) in [7, 11) is 0. The molecular formula is C46H38N4O10. The summed E-state index contributed by atoms with van der Waals surface area (Å²) in [4.78, 5) is 80.8. The zero-order chi connectivity index (χ0) is 43.2. The zero-order valence-corrected chi connectivity index (χ0v) is 33.2. The molecule has 0 saturated carbocycles. The lowest BCUT2D eigenvalue weighted by Gasteiger charge is -2.30. The Labute approximate surface area is 343 Å². The molecule has 2 aliphatic heterocycles. The number of hydrogen-bond donors (Lipinski definition) is 6. The normalized spacial score (nSPS) is 17.5. The number of carbonyl (C=O) groups is 6. The van der Waals surface area contributed by atoms with Crippen LogP contribution >= 0.6 is 0 Å². The van der Waals surface area contributed by atoms with E-state index in [2.05, 4.69) is 10.9 Å². The lowest BCUT2D eigenvalue weighted by Crippen LogP contribution is -2.39. The standard InChI is InChI=1S/C46H38N4O10/c1-19(2)31-27-15-21(5)33(39(53)35(27)29(37(51)41(31)55)17-47-49-43(57)23-11-7-8-12-24(23)44(49)58)34-22(6)16-28-32(20(3)4)42(56)38(52)30(36(28)40(34)54)18-48-50-45(59)25-13-9-10-14-26(25)46(50)60/h7-20,47-48,53-56H,1-6H3/b29-17-,30-18-. The van der Waals surface area contributed by atoms with Crippen molar-refractivity contribution in [2.24, 2.45) is 11.8 Å². The minimum atomic E-state index is -0.913. The van der Waals surface area contributed by atoms with Crippen molar-refractivity contribution in [2.75, 3.05) is 0 Å². The van der Waals surface area contributed by atoms with E-state index in [1.165, 1.54) is 24.3 Å². The summed E-state index contributed by atoms with van der Waals surface area (Å²) < 4.78 is 0. The number of imide groups is 2. The van der Waals surface area contributed by atoms with Crippen molar-refractivity contribution in [2.45, 2.75) is 41.5 Å². The number of allylic oxidation sites excluding steroid dienone is 4. The number of aromatic hydroxyl groups is 2. The van der Waals surface area contributed by atoms with Crippen LogP contribution in [0.15, 0.2) is 84.6 Å². The summed E-state index contributed by atoms with van der Waals surface area (Å²) in [6.07, 6.45) is 2.11. The van der Waals surface area contributed by atoms with Gasteiger partial charge in [0, 0.05) is 45.8 Å². The van der Waals surface area contributed by atoms with Crippen molar-refractivity contribution in [3.05, 3.63) is 140 Å². The number of Topliss-reactive ketones (excluding diaryl/α,β-unsaturated/α-hetero) is 2. The lowest BCUT2D eigenvalue weighted by molar-refractivity contribution is -0.113. The van der Waals surface area contributed by atoms with Gasteiger partial charge >= 0.3 is 0 Å². The van der Waals surface area contributed by atoms with E-state index >= 15 is 0 Å². The van der Waals surface area contributed by atoms with E-state index in [-0.39, 0.29) is 77.9 Å². The first-order chi connectivity index (χ1) is 28.5. The fourth-order valence-corrected chi connectivity index (χ4v) is 8.50. The number of aliphatic hydroxyl groups is 2. The number of aryl methyl sites for hydroxylation is 2. The van der Waals surface area contributed by atoms with Crippen molar-refractivity contribution < 1.29 is 49.2 Å². The first kappa shape index (κ1) is 39.1. The highest BCUT2D eigenvalue weighted by Gasteiger charge is 2.41. The number of benzene rings is 4. The van der Waals surface area contributed by atoms with E-state index < -0.39 is 70.0 Å². The number of nitrogens with zero attached hydrogens (tertiary/aromatic N) is 2. The number of phenolic OH excluding ortho intramolecular Hbond substituents is 2. The minimum Gasteiger partial charge on any atom is -0.507 e. The number of aliphatic hydroxyl groups excluding tert-OH is 2. The maximum atomic E-state index is 14.0. The zero-order valence-electron chi connectivity index (χ0n) is 33.2. The van der Waals surface area contributed by atoms with Gasteiger partial charge < -0.3 is 20.4 Å². The van der Waals surface area contributed by atoms with Gasteiger partial charge in [-0.3, -0.25) is 39.6 Å². The summed E-state index contributed by atoms with van der Waals surface area (Å²) in [5.41, 5.74) is 6.90. The molecule has 14 heteroatoms. The van der Waals surface area contributed by atoms with Gasteiger partial charge in [0.25, 0.3) is 23.6 Å². The first-order valence-corrected chi connectivity index (χ1v) is 19.1. The van der Waals surface area contributed by atoms with Crippen LogP contribution in [0, 0.1) is 25.7 Å². The van der Waals surface area contributed by atoms with E-state index in [0.717, 1.165) is 12.4 Å². The van der Waals surface area contributed by atoms with Crippen LogP contribution in [-0.2, 0) is 9.59 Å². The second-order valence-electron chi connectivity index (χ2n) is 15.5. The predicted molar refractivity (Wildman–Crippen MR) is 220 cm³/mol. The maximum absolute atomic E-state index is 14.0. The molecular weight excluding hydrogens is 769 g/mol. The van der Waals surface area contributed by atoms with Gasteiger partial charge in [0.2, 0.25) is 11.6 Å². The number of rotatable bonds is 7. The molecule has 4 aliphatic rings. The van der Waals surface area contributed by atoms with E-state index in [1.807, 2.05) is 0 Å². The van der Waals surface area contributed by atoms with E-state index in [9.17, 15) is 49.2 Å². The molecule has 6 N–H and O–H groups in total. The fraction of sp³-hybridized carbons (Fsp3) is 0.174. The summed E-state index contributed by atoms with van der Waals surface area (Å²) in [5, 5.41) is 48.8. The van der Waals surface area contributed by atoms with Gasteiger partial charge in [0.1, 0.15) is 11.5 Å². The number of phenols is 2. The SMILES string of the molecule is Cc1cc2c(c(O)c1-c1c(C)cc3c(c1O)/C(=C/NN1C(=O)c4ccccc4C1=O)C(=O)C(O)=C3C(C)C)/C(=C/NN1C(=O)c3ccccc3C1=O)C(=O)C(O)=C2C(C)C. The van der Waals surface area contributed by atoms with Crippen LogP contribution in [0.25, 0.3) is 33.4 Å². The molecule has 2 heterocycles. The number of amides is 4. The first-order valence-electron chi connectivity index (χ1n) is 19.1. The van der Waals surface area contributed by atoms with Crippen LogP contribution in [0.2, 0.25) is 0 Å². The smallest absolute Gasteiger partial charge is 0.280 e. The van der Waals surface area contributed by atoms with Crippen molar-refractivity contribution >= 4 is 57.5 Å². The van der Waals surface area contributed by atoms with Crippen LogP contribution < -0.4 is 10.9 Å². The highest BCUT2D eigenvalue weighted by Crippen LogP contribution is 2.53. The predicted octanol–water partition coefficient (Wildman–Crippen LogP) is 6.68. The maximum Gasteiger partial charge on any atom is 0.280 e. The van der Waals surface area contributed by atoms with Gasteiger partial charge in [-0.2, -0.15) is 10.0 Å². The van der Waals surface area contributed by atoms with E-state index in [4.69, 9.17) is 0 Å². The lowest BCUT2D eigenvalue weighted by atomic mass is 9.75. The molecule has 4 amide bonds. The quantitative estimate of drug-likeness (QED) is 0.0853. The monoisotopic (exact) mass is 806 g/mol. The number of hydrogen-bond acceptors (Lipinski definition) is 12. The minimum absolute atomic E-state index is 0.0421. The molecule has 0 spiro atoms. The number of nitrogens with one attached hydrogen (secondary N) is 2. The fourth-order valence-electron chi connectivity index (χ4n) is 8.50. The number of ketones is 2. The van der Waals surface area contributed by atoms with Crippen molar-refractivity contribution in [3.8, 4) is 22.6 Å². The number of fused-ring (bicyclic) bond motifs is 4. The molecule has 0 unspecified atom stereocenters. The van der Waals surface area contributed by atoms with E-state index in [1.54, 1.807) is 77.9 Å². The summed E-state index contributed by atoms with van der Waals surface area (Å²) in [6.45, 7) is 10.3. The Balaban J connectivity index is 1.31. The third kappa shape index (κ3) is 5.55. The molecule has 4 aromatic rings. The Morgan fingerprint density at radius 1 is 0.483 bits per heavy atom. The Kier molecular flexibility index (Phi) is 9.11. The molecule has 2 aliphatic carbocycles. The second-order valence-corrected chi connectivity index (χ2v) is 15.5. The van der Waals surface area contributed by atoms with Gasteiger partial charge in [0.15, 0.2) is 11.5 Å². The molecule has 8 rings (SSSR count). The molecule has 60 heavy (non-hydrogen) atoms. The summed E-state index contributed by atoms with van der Waals surface area (Å²) in [5.74, 6) is -7.61. The molecule has 4 aromatic carbocycles. The third-order valence-electron chi connectivity index (χ3n) is 11.2. The highest BCUT2D eigenvalue weighted by molar-refractivity contribution is 6.35. The molecule has 0 bridgehead atoms. The Morgan fingerprint density at radius 3 is 1.07 bits per heavy atom. The van der Waals surface area contributed by atoms with Crippen LogP contribution in [0.5, 0.6) is 11.5 Å². The van der Waals surface area contributed by atoms with Gasteiger partial charge in [0.05, 0.1) is 33.4 Å². The van der Waals surface area contributed by atoms with Gasteiger partial charge in [-0.05, 0) is 72.2 Å². The van der Waals surface area contributed by atoms with Crippen LogP contribution in [-0.4, -0.2) is 65.6 Å². The molecule has 0 saturated heterocycles. The van der Waals surface area contributed by atoms with Crippen LogP contribution in [0.3, 0.4) is 0 Å². The highest BCUT2D eigenvalue weighted by atomic mass is 16.3. The molecule has 0 radical (unpaired) electrons. The Bertz CT molecular complexity index is 2600. The van der Waals surface area contributed by atoms with Gasteiger partial charge in [-0.15, -0.1) is 0 Å². The van der Waals surface area contributed by atoms with E-state index in [0.29, 0.717) is 21.1 Å². The summed E-state index contributed by atoms with van der Waals surface area (Å²) >= 11 is 0. The van der Waals surface area contributed by atoms with Gasteiger partial charge in [-0.1, -0.05) is 64.1 Å². The number of carbonyl (C=O) groups excluding carboxylic acids is 6. The Hall–Kier alpha value is -7.74. The topological polar surface area (TPSA) is 214 Å². The largest absolute Gasteiger partial charge is 0.507 e. The molecule has 0 aromatic heterocycles. The second kappa shape index (κ2) is 14.0. The molecule has 0 fully saturated rings. The average Bonchev–Trinajstić information content (AvgIpc) is 3.59. The van der Waals surface area contributed by atoms with Gasteiger partial charge in [-0.25, -0.2) is 0 Å². The van der Waals surface area contributed by atoms with Crippen LogP contribution in [0.4, 0.5) is 0 Å². The Morgan fingerprint density at radius 2 is 0.783 bits per heavy atom.